The quantitative estimate of drug-likeness (QED) is 0.899. The van der Waals surface area contributed by atoms with Crippen molar-refractivity contribution in [3.05, 3.63) is 33.8 Å². The maximum Gasteiger partial charge on any atom is 0.250 e. The van der Waals surface area contributed by atoms with Crippen LogP contribution < -0.4 is 4.72 Å². The smallest absolute Gasteiger partial charge is 0.250 e. The monoisotopic (exact) mass is 350 g/mol. The van der Waals surface area contributed by atoms with Gasteiger partial charge in [0.05, 0.1) is 16.5 Å². The van der Waals surface area contributed by atoms with E-state index in [9.17, 15) is 8.42 Å². The second-order valence-corrected chi connectivity index (χ2v) is 7.91. The number of nitrogens with one attached hydrogen (secondary N) is 1. The third-order valence-electron chi connectivity index (χ3n) is 2.18. The summed E-state index contributed by atoms with van der Waals surface area (Å²) in [5, 5.41) is 0. The van der Waals surface area contributed by atoms with E-state index in [4.69, 9.17) is 4.42 Å². The zero-order chi connectivity index (χ0) is 13.2. The predicted molar refractivity (Wildman–Crippen MR) is 71.9 cm³/mol. The van der Waals surface area contributed by atoms with Gasteiger partial charge in [0.1, 0.15) is 9.97 Å². The first kappa shape index (κ1) is 13.7. The molecular weight excluding hydrogens is 340 g/mol. The molecule has 0 aliphatic rings. The Morgan fingerprint density at radius 1 is 1.50 bits per heavy atom. The number of thiophene rings is 1. The minimum atomic E-state index is -3.50. The van der Waals surface area contributed by atoms with Crippen molar-refractivity contribution in [1.82, 2.24) is 9.71 Å². The van der Waals surface area contributed by atoms with E-state index < -0.39 is 10.0 Å². The van der Waals surface area contributed by atoms with Crippen LogP contribution in [0.1, 0.15) is 18.6 Å². The molecule has 0 bridgehead atoms. The summed E-state index contributed by atoms with van der Waals surface area (Å²) in [4.78, 5) is 3.99. The van der Waals surface area contributed by atoms with Crippen LogP contribution in [-0.2, 0) is 23.0 Å². The number of aryl methyl sites for hydroxylation is 1. The van der Waals surface area contributed by atoms with Gasteiger partial charge in [-0.3, -0.25) is 0 Å². The molecule has 0 saturated carbocycles. The van der Waals surface area contributed by atoms with Crippen LogP contribution in [0.25, 0.3) is 0 Å². The van der Waals surface area contributed by atoms with E-state index in [1.54, 1.807) is 18.3 Å². The molecule has 18 heavy (non-hydrogen) atoms. The molecule has 2 heterocycles. The van der Waals surface area contributed by atoms with Crippen molar-refractivity contribution in [2.45, 2.75) is 24.1 Å². The van der Waals surface area contributed by atoms with Crippen molar-refractivity contribution in [1.29, 1.82) is 0 Å². The zero-order valence-corrected chi connectivity index (χ0v) is 12.7. The minimum Gasteiger partial charge on any atom is -0.444 e. The Hall–Kier alpha value is -0.700. The highest BCUT2D eigenvalue weighted by Crippen LogP contribution is 2.25. The van der Waals surface area contributed by atoms with E-state index in [1.165, 1.54) is 0 Å². The van der Waals surface area contributed by atoms with Gasteiger partial charge in [-0.15, -0.1) is 11.3 Å². The van der Waals surface area contributed by atoms with Gasteiger partial charge in [0, 0.05) is 6.42 Å². The first-order valence-corrected chi connectivity index (χ1v) is 8.29. The summed E-state index contributed by atoms with van der Waals surface area (Å²) in [6, 6.07) is 3.24. The Labute approximate surface area is 117 Å². The van der Waals surface area contributed by atoms with Crippen LogP contribution in [0.4, 0.5) is 0 Å². The highest BCUT2D eigenvalue weighted by molar-refractivity contribution is 9.11. The van der Waals surface area contributed by atoms with E-state index in [1.807, 2.05) is 6.92 Å². The van der Waals surface area contributed by atoms with Gasteiger partial charge < -0.3 is 4.42 Å². The molecule has 5 nitrogen and oxygen atoms in total. The molecule has 0 saturated heterocycles. The molecule has 2 rings (SSSR count). The number of oxazole rings is 1. The number of rotatable bonds is 5. The summed E-state index contributed by atoms with van der Waals surface area (Å²) in [5.41, 5.74) is 0. The lowest BCUT2D eigenvalue weighted by molar-refractivity contribution is 0.452. The van der Waals surface area contributed by atoms with Crippen LogP contribution in [0, 0.1) is 0 Å². The van der Waals surface area contributed by atoms with Crippen LogP contribution in [0.15, 0.2) is 30.7 Å². The van der Waals surface area contributed by atoms with Gasteiger partial charge in [-0.25, -0.2) is 18.1 Å². The van der Waals surface area contributed by atoms with E-state index >= 15 is 0 Å². The van der Waals surface area contributed by atoms with E-state index in [-0.39, 0.29) is 10.8 Å². The molecule has 0 fully saturated rings. The number of aromatic nitrogens is 1. The number of sulfonamides is 1. The molecule has 0 aliphatic carbocycles. The molecule has 0 amide bonds. The average molecular weight is 351 g/mol. The van der Waals surface area contributed by atoms with Crippen LogP contribution in [0.3, 0.4) is 0 Å². The maximum absolute atomic E-state index is 11.9. The van der Waals surface area contributed by atoms with Crippen molar-refractivity contribution in [3.63, 3.8) is 0 Å². The zero-order valence-electron chi connectivity index (χ0n) is 9.51. The third-order valence-corrected chi connectivity index (χ3v) is 5.69. The highest BCUT2D eigenvalue weighted by atomic mass is 79.9. The first-order chi connectivity index (χ1) is 8.51. The van der Waals surface area contributed by atoms with Gasteiger partial charge >= 0.3 is 0 Å². The Bertz CT molecular complexity index is 633. The van der Waals surface area contributed by atoms with E-state index in [0.717, 1.165) is 27.3 Å². The summed E-state index contributed by atoms with van der Waals surface area (Å²) in [6.45, 7) is 2.00. The minimum absolute atomic E-state index is 0.0534. The molecule has 98 valence electrons. The fraction of sp³-hybridized carbons (Fsp3) is 0.300. The van der Waals surface area contributed by atoms with Crippen LogP contribution in [0.2, 0.25) is 0 Å². The van der Waals surface area contributed by atoms with Crippen molar-refractivity contribution >= 4 is 37.3 Å². The molecule has 2 aromatic heterocycles. The largest absolute Gasteiger partial charge is 0.444 e. The summed E-state index contributed by atoms with van der Waals surface area (Å²) >= 11 is 4.38. The lowest BCUT2D eigenvalue weighted by Crippen LogP contribution is -2.22. The van der Waals surface area contributed by atoms with Crippen LogP contribution in [-0.4, -0.2) is 13.4 Å². The van der Waals surface area contributed by atoms with Gasteiger partial charge in [0.25, 0.3) is 10.0 Å². The molecule has 0 aliphatic heterocycles. The van der Waals surface area contributed by atoms with Crippen LogP contribution in [0.5, 0.6) is 0 Å². The molecule has 0 atom stereocenters. The predicted octanol–water partition coefficient (Wildman–Crippen LogP) is 2.54. The van der Waals surface area contributed by atoms with Crippen molar-refractivity contribution in [2.24, 2.45) is 0 Å². The van der Waals surface area contributed by atoms with Gasteiger partial charge in [-0.1, -0.05) is 6.92 Å². The topological polar surface area (TPSA) is 72.2 Å². The van der Waals surface area contributed by atoms with Crippen molar-refractivity contribution < 1.29 is 12.8 Å². The molecule has 0 unspecified atom stereocenters. The number of halogens is 1. The Morgan fingerprint density at radius 3 is 2.83 bits per heavy atom. The Kier molecular flexibility index (Phi) is 4.21. The standard InChI is InChI=1S/C10H11BrN2O3S2/c1-2-7-5-12-9(16-7)6-13-18(14,15)10-4-3-8(11)17-10/h3-5,13H,2,6H2,1H3. The lowest BCUT2D eigenvalue weighted by atomic mass is 10.4. The Morgan fingerprint density at radius 2 is 2.28 bits per heavy atom. The maximum atomic E-state index is 11.9. The average Bonchev–Trinajstić information content (AvgIpc) is 2.95. The SMILES string of the molecule is CCc1cnc(CNS(=O)(=O)c2ccc(Br)s2)o1. The molecule has 8 heteroatoms. The molecule has 0 radical (unpaired) electrons. The molecule has 0 spiro atoms. The molecular formula is C10H11BrN2O3S2. The Balaban J connectivity index is 2.05. The van der Waals surface area contributed by atoms with Gasteiger partial charge in [0.2, 0.25) is 5.89 Å². The van der Waals surface area contributed by atoms with Gasteiger partial charge in [0.15, 0.2) is 0 Å². The summed E-state index contributed by atoms with van der Waals surface area (Å²) in [6.07, 6.45) is 2.34. The van der Waals surface area contributed by atoms with Crippen molar-refractivity contribution in [3.8, 4) is 0 Å². The lowest BCUT2D eigenvalue weighted by Gasteiger charge is -2.01. The summed E-state index contributed by atoms with van der Waals surface area (Å²) < 4.78 is 32.6. The molecule has 0 aromatic carbocycles. The molecule has 2 aromatic rings. The molecule has 1 N–H and O–H groups in total. The summed E-state index contributed by atoms with van der Waals surface area (Å²) in [5.74, 6) is 1.11. The second kappa shape index (κ2) is 5.52. The highest BCUT2D eigenvalue weighted by Gasteiger charge is 2.17. The van der Waals surface area contributed by atoms with Crippen molar-refractivity contribution in [2.75, 3.05) is 0 Å². The number of nitrogens with zero attached hydrogens (tertiary/aromatic N) is 1. The van der Waals surface area contributed by atoms with Crippen LogP contribution >= 0.6 is 27.3 Å². The van der Waals surface area contributed by atoms with E-state index in [2.05, 4.69) is 25.6 Å². The van der Waals surface area contributed by atoms with E-state index in [0.29, 0.717) is 5.89 Å². The first-order valence-electron chi connectivity index (χ1n) is 5.20. The van der Waals surface area contributed by atoms with Gasteiger partial charge in [-0.05, 0) is 28.1 Å². The number of hydrogen-bond acceptors (Lipinski definition) is 5. The summed E-state index contributed by atoms with van der Waals surface area (Å²) in [7, 11) is -3.50. The van der Waals surface area contributed by atoms with Gasteiger partial charge in [-0.2, -0.15) is 0 Å². The fourth-order valence-corrected chi connectivity index (χ4v) is 4.29. The normalized spacial score (nSPS) is 11.9. The number of hydrogen-bond donors (Lipinski definition) is 1. The second-order valence-electron chi connectivity index (χ2n) is 3.46. The fourth-order valence-electron chi connectivity index (χ4n) is 1.26. The third kappa shape index (κ3) is 3.19.